The van der Waals surface area contributed by atoms with E-state index in [0.29, 0.717) is 17.5 Å². The van der Waals surface area contributed by atoms with E-state index >= 15 is 0 Å². The molecule has 2 nitrogen and oxygen atoms in total. The number of benzene rings is 2. The maximum atomic E-state index is 14.3. The lowest BCUT2D eigenvalue weighted by Crippen LogP contribution is -2.22. The highest BCUT2D eigenvalue weighted by Gasteiger charge is 2.29. The van der Waals surface area contributed by atoms with E-state index in [1.807, 2.05) is 0 Å². The molecule has 0 saturated carbocycles. The fourth-order valence-electron chi connectivity index (χ4n) is 3.48. The summed E-state index contributed by atoms with van der Waals surface area (Å²) < 4.78 is 96.3. The third-order valence-corrected chi connectivity index (χ3v) is 5.47. The summed E-state index contributed by atoms with van der Waals surface area (Å²) in [5.74, 6) is -11.4. The van der Waals surface area contributed by atoms with E-state index in [2.05, 4.69) is 9.97 Å². The summed E-state index contributed by atoms with van der Waals surface area (Å²) in [5.41, 5.74) is -1.30. The molecule has 0 N–H and O–H groups in total. The van der Waals surface area contributed by atoms with Crippen LogP contribution < -0.4 is 0 Å². The number of aromatic nitrogens is 2. The predicted molar refractivity (Wildman–Crippen MR) is 111 cm³/mol. The van der Waals surface area contributed by atoms with E-state index in [4.69, 9.17) is 0 Å². The van der Waals surface area contributed by atoms with Crippen molar-refractivity contribution in [3.63, 3.8) is 0 Å². The zero-order chi connectivity index (χ0) is 24.8. The van der Waals surface area contributed by atoms with E-state index < -0.39 is 51.7 Å². The van der Waals surface area contributed by atoms with Crippen LogP contribution >= 0.6 is 0 Å². The molecule has 2 aromatic heterocycles. The second kappa shape index (κ2) is 8.55. The Balaban J connectivity index is 1.79. The first kappa shape index (κ1) is 23.4. The summed E-state index contributed by atoms with van der Waals surface area (Å²) in [7, 11) is 0. The highest BCUT2D eigenvalue weighted by atomic mass is 19.2. The third-order valence-electron chi connectivity index (χ3n) is 5.47. The Kier molecular flexibility index (Phi) is 5.89. The van der Waals surface area contributed by atoms with Gasteiger partial charge in [0.05, 0.1) is 22.8 Å². The van der Waals surface area contributed by atoms with Gasteiger partial charge in [0.1, 0.15) is 0 Å². The Morgan fingerprint density at radius 2 is 1.03 bits per heavy atom. The molecule has 0 saturated heterocycles. The van der Waals surface area contributed by atoms with Crippen molar-refractivity contribution in [2.45, 2.75) is 19.3 Å². The predicted octanol–water partition coefficient (Wildman–Crippen LogP) is 7.11. The molecule has 0 spiro atoms. The Morgan fingerprint density at radius 1 is 0.529 bits per heavy atom. The molecule has 0 aliphatic rings. The summed E-state index contributed by atoms with van der Waals surface area (Å²) in [6.45, 7) is 3.38. The van der Waals surface area contributed by atoms with E-state index in [-0.39, 0.29) is 17.0 Å². The van der Waals surface area contributed by atoms with Gasteiger partial charge in [-0.05, 0) is 56.3 Å². The summed E-state index contributed by atoms with van der Waals surface area (Å²) in [6.07, 6.45) is 0. The SMILES string of the molecule is CC(C)(c1cccc(-c2ccc(F)c(F)c2F)n1)c1cccc(-c2cc(F)c(F)c(F)c2F)n1. The van der Waals surface area contributed by atoms with Gasteiger partial charge in [-0.25, -0.2) is 30.7 Å². The van der Waals surface area contributed by atoms with Crippen LogP contribution in [0.5, 0.6) is 0 Å². The van der Waals surface area contributed by atoms with E-state index in [0.717, 1.165) is 12.1 Å². The highest BCUT2D eigenvalue weighted by molar-refractivity contribution is 5.62. The maximum absolute atomic E-state index is 14.3. The minimum absolute atomic E-state index is 0.0341. The molecular formula is C25H15F7N2. The molecule has 0 fully saturated rings. The summed E-state index contributed by atoms with van der Waals surface area (Å²) in [5, 5.41) is 0. The van der Waals surface area contributed by atoms with Crippen LogP contribution in [0.2, 0.25) is 0 Å². The summed E-state index contributed by atoms with van der Waals surface area (Å²) in [4.78, 5) is 8.66. The van der Waals surface area contributed by atoms with Crippen molar-refractivity contribution < 1.29 is 30.7 Å². The van der Waals surface area contributed by atoms with Gasteiger partial charge in [0, 0.05) is 16.5 Å². The van der Waals surface area contributed by atoms with Gasteiger partial charge >= 0.3 is 0 Å². The molecule has 0 bridgehead atoms. The molecule has 0 unspecified atom stereocenters. The lowest BCUT2D eigenvalue weighted by atomic mass is 9.84. The van der Waals surface area contributed by atoms with Crippen molar-refractivity contribution in [3.05, 3.63) is 107 Å². The molecule has 4 rings (SSSR count). The summed E-state index contributed by atoms with van der Waals surface area (Å²) >= 11 is 0. The van der Waals surface area contributed by atoms with E-state index in [1.54, 1.807) is 26.0 Å². The topological polar surface area (TPSA) is 25.8 Å². The quantitative estimate of drug-likeness (QED) is 0.178. The molecule has 174 valence electrons. The van der Waals surface area contributed by atoms with Crippen molar-refractivity contribution in [1.29, 1.82) is 0 Å². The average molecular weight is 476 g/mol. The number of hydrogen-bond donors (Lipinski definition) is 0. The molecule has 0 atom stereocenters. The molecule has 0 aliphatic carbocycles. The van der Waals surface area contributed by atoms with Crippen LogP contribution in [0.3, 0.4) is 0 Å². The first-order chi connectivity index (χ1) is 16.0. The molecule has 34 heavy (non-hydrogen) atoms. The van der Waals surface area contributed by atoms with E-state index in [9.17, 15) is 30.7 Å². The molecule has 0 amide bonds. The van der Waals surface area contributed by atoms with Gasteiger partial charge in [0.15, 0.2) is 40.7 Å². The normalized spacial score (nSPS) is 11.7. The molecule has 0 aliphatic heterocycles. The minimum atomic E-state index is -1.95. The van der Waals surface area contributed by atoms with Crippen LogP contribution in [0.15, 0.2) is 54.6 Å². The van der Waals surface area contributed by atoms with Crippen molar-refractivity contribution in [1.82, 2.24) is 9.97 Å². The lowest BCUT2D eigenvalue weighted by molar-refractivity contribution is 0.410. The zero-order valence-corrected chi connectivity index (χ0v) is 17.7. The Morgan fingerprint density at radius 3 is 1.62 bits per heavy atom. The first-order valence-electron chi connectivity index (χ1n) is 9.94. The molecule has 0 radical (unpaired) electrons. The van der Waals surface area contributed by atoms with Crippen LogP contribution in [0.1, 0.15) is 25.2 Å². The van der Waals surface area contributed by atoms with Gasteiger partial charge < -0.3 is 0 Å². The average Bonchev–Trinajstić information content (AvgIpc) is 2.83. The second-order valence-electron chi connectivity index (χ2n) is 8.01. The number of hydrogen-bond acceptors (Lipinski definition) is 2. The molecule has 9 heteroatoms. The van der Waals surface area contributed by atoms with Gasteiger partial charge in [0.25, 0.3) is 0 Å². The Labute approximate surface area is 189 Å². The van der Waals surface area contributed by atoms with Crippen LogP contribution in [0.4, 0.5) is 30.7 Å². The molecule has 2 heterocycles. The van der Waals surface area contributed by atoms with Gasteiger partial charge in [-0.1, -0.05) is 12.1 Å². The fourth-order valence-corrected chi connectivity index (χ4v) is 3.48. The lowest BCUT2D eigenvalue weighted by Gasteiger charge is -2.25. The summed E-state index contributed by atoms with van der Waals surface area (Å²) in [6, 6.07) is 11.2. The fraction of sp³-hybridized carbons (Fsp3) is 0.120. The number of nitrogens with zero attached hydrogens (tertiary/aromatic N) is 2. The van der Waals surface area contributed by atoms with Crippen LogP contribution in [0.25, 0.3) is 22.5 Å². The largest absolute Gasteiger partial charge is 0.252 e. The second-order valence-corrected chi connectivity index (χ2v) is 8.01. The zero-order valence-electron chi connectivity index (χ0n) is 17.7. The number of halogens is 7. The Hall–Kier alpha value is -3.75. The number of pyridine rings is 2. The Bertz CT molecular complexity index is 1420. The monoisotopic (exact) mass is 476 g/mol. The van der Waals surface area contributed by atoms with Crippen LogP contribution in [-0.2, 0) is 5.41 Å². The number of rotatable bonds is 4. The van der Waals surface area contributed by atoms with Crippen LogP contribution in [0, 0.1) is 40.7 Å². The van der Waals surface area contributed by atoms with E-state index in [1.165, 1.54) is 24.3 Å². The third kappa shape index (κ3) is 3.91. The first-order valence-corrected chi connectivity index (χ1v) is 9.94. The standard InChI is InChI=1S/C25H15F7N2/c1-25(2,18-7-3-5-16(33-18)12-9-10-14(26)22(30)20(12)28)19-8-4-6-17(34-19)13-11-15(27)23(31)24(32)21(13)29/h3-11H,1-2H3. The van der Waals surface area contributed by atoms with Gasteiger partial charge in [-0.3, -0.25) is 9.97 Å². The van der Waals surface area contributed by atoms with Crippen molar-refractivity contribution in [2.24, 2.45) is 0 Å². The minimum Gasteiger partial charge on any atom is -0.252 e. The van der Waals surface area contributed by atoms with Crippen molar-refractivity contribution in [3.8, 4) is 22.5 Å². The van der Waals surface area contributed by atoms with Crippen molar-refractivity contribution >= 4 is 0 Å². The maximum Gasteiger partial charge on any atom is 0.198 e. The van der Waals surface area contributed by atoms with Gasteiger partial charge in [0.2, 0.25) is 0 Å². The highest BCUT2D eigenvalue weighted by Crippen LogP contribution is 2.34. The van der Waals surface area contributed by atoms with Crippen molar-refractivity contribution in [2.75, 3.05) is 0 Å². The van der Waals surface area contributed by atoms with Gasteiger partial charge in [-0.15, -0.1) is 0 Å². The smallest absolute Gasteiger partial charge is 0.198 e. The molecular weight excluding hydrogens is 461 g/mol. The molecule has 2 aromatic carbocycles. The van der Waals surface area contributed by atoms with Crippen LogP contribution in [-0.4, -0.2) is 9.97 Å². The molecule has 4 aromatic rings. The van der Waals surface area contributed by atoms with Gasteiger partial charge in [-0.2, -0.15) is 0 Å².